The SMILES string of the molecule is CCOc1ccc(NC(=O)COC(=O)Cc2cccc(F)c2)cc1. The molecule has 0 spiro atoms. The van der Waals surface area contributed by atoms with Gasteiger partial charge >= 0.3 is 5.97 Å². The van der Waals surface area contributed by atoms with Crippen molar-refractivity contribution in [3.05, 3.63) is 59.9 Å². The van der Waals surface area contributed by atoms with Crippen molar-refractivity contribution in [1.82, 2.24) is 0 Å². The monoisotopic (exact) mass is 331 g/mol. The lowest BCUT2D eigenvalue weighted by Crippen LogP contribution is -2.21. The van der Waals surface area contributed by atoms with Crippen LogP contribution in [0, 0.1) is 5.82 Å². The summed E-state index contributed by atoms with van der Waals surface area (Å²) in [5.41, 5.74) is 1.07. The van der Waals surface area contributed by atoms with Crippen LogP contribution in [-0.2, 0) is 20.7 Å². The molecule has 0 aliphatic heterocycles. The second kappa shape index (κ2) is 8.67. The Balaban J connectivity index is 1.77. The molecule has 0 radical (unpaired) electrons. The fourth-order valence-corrected chi connectivity index (χ4v) is 2.01. The third-order valence-corrected chi connectivity index (χ3v) is 3.05. The number of anilines is 1. The first-order valence-corrected chi connectivity index (χ1v) is 7.49. The maximum atomic E-state index is 13.0. The topological polar surface area (TPSA) is 64.6 Å². The summed E-state index contributed by atoms with van der Waals surface area (Å²) in [5, 5.41) is 2.61. The molecule has 0 aromatic heterocycles. The van der Waals surface area contributed by atoms with Crippen LogP contribution in [0.4, 0.5) is 10.1 Å². The molecule has 2 rings (SSSR count). The standard InChI is InChI=1S/C18H18FNO4/c1-2-23-16-8-6-15(7-9-16)20-17(21)12-24-18(22)11-13-4-3-5-14(19)10-13/h3-10H,2,11-12H2,1H3,(H,20,21). The van der Waals surface area contributed by atoms with Crippen LogP contribution in [0.5, 0.6) is 5.75 Å². The van der Waals surface area contributed by atoms with Crippen LogP contribution in [0.2, 0.25) is 0 Å². The second-order valence-electron chi connectivity index (χ2n) is 4.97. The van der Waals surface area contributed by atoms with Crippen LogP contribution >= 0.6 is 0 Å². The predicted molar refractivity (Wildman–Crippen MR) is 87.3 cm³/mol. The smallest absolute Gasteiger partial charge is 0.310 e. The van der Waals surface area contributed by atoms with Gasteiger partial charge in [0.1, 0.15) is 11.6 Å². The average Bonchev–Trinajstić information content (AvgIpc) is 2.55. The molecule has 126 valence electrons. The van der Waals surface area contributed by atoms with Crippen LogP contribution in [-0.4, -0.2) is 25.1 Å². The minimum absolute atomic E-state index is 0.0892. The molecular weight excluding hydrogens is 313 g/mol. The van der Waals surface area contributed by atoms with Gasteiger partial charge in [-0.1, -0.05) is 12.1 Å². The van der Waals surface area contributed by atoms with Gasteiger partial charge in [0.25, 0.3) is 5.91 Å². The summed E-state index contributed by atoms with van der Waals surface area (Å²) in [6, 6.07) is 12.5. The fraction of sp³-hybridized carbons (Fsp3) is 0.222. The Morgan fingerprint density at radius 3 is 2.54 bits per heavy atom. The molecule has 0 bridgehead atoms. The highest BCUT2D eigenvalue weighted by Gasteiger charge is 2.09. The van der Waals surface area contributed by atoms with Gasteiger partial charge in [-0.05, 0) is 48.9 Å². The zero-order chi connectivity index (χ0) is 17.4. The summed E-state index contributed by atoms with van der Waals surface area (Å²) >= 11 is 0. The molecule has 0 unspecified atom stereocenters. The molecular formula is C18H18FNO4. The molecule has 6 heteroatoms. The summed E-state index contributed by atoms with van der Waals surface area (Å²) in [6.45, 7) is 2.04. The third kappa shape index (κ3) is 5.72. The van der Waals surface area contributed by atoms with Gasteiger partial charge in [-0.15, -0.1) is 0 Å². The van der Waals surface area contributed by atoms with Gasteiger partial charge in [0.05, 0.1) is 13.0 Å². The summed E-state index contributed by atoms with van der Waals surface area (Å²) in [5.74, 6) is -0.764. The number of benzene rings is 2. The molecule has 1 N–H and O–H groups in total. The molecule has 0 atom stereocenters. The molecule has 2 aromatic rings. The van der Waals surface area contributed by atoms with E-state index in [1.54, 1.807) is 30.3 Å². The van der Waals surface area contributed by atoms with Crippen LogP contribution < -0.4 is 10.1 Å². The Morgan fingerprint density at radius 1 is 1.12 bits per heavy atom. The number of hydrogen-bond donors (Lipinski definition) is 1. The van der Waals surface area contributed by atoms with E-state index in [1.165, 1.54) is 18.2 Å². The number of halogens is 1. The highest BCUT2D eigenvalue weighted by atomic mass is 19.1. The number of amides is 1. The summed E-state index contributed by atoms with van der Waals surface area (Å²) in [4.78, 5) is 23.4. The lowest BCUT2D eigenvalue weighted by Gasteiger charge is -2.08. The van der Waals surface area contributed by atoms with E-state index < -0.39 is 24.3 Å². The molecule has 0 fully saturated rings. The largest absolute Gasteiger partial charge is 0.494 e. The van der Waals surface area contributed by atoms with Gasteiger partial charge in [0, 0.05) is 5.69 Å². The minimum atomic E-state index is -0.595. The van der Waals surface area contributed by atoms with Crippen LogP contribution in [0.15, 0.2) is 48.5 Å². The highest BCUT2D eigenvalue weighted by molar-refractivity contribution is 5.92. The number of hydrogen-bond acceptors (Lipinski definition) is 4. The Morgan fingerprint density at radius 2 is 1.88 bits per heavy atom. The van der Waals surface area contributed by atoms with Crippen molar-refractivity contribution >= 4 is 17.6 Å². The quantitative estimate of drug-likeness (QED) is 0.792. The number of rotatable bonds is 7. The summed E-state index contributed by atoms with van der Waals surface area (Å²) < 4.78 is 23.2. The lowest BCUT2D eigenvalue weighted by atomic mass is 10.1. The molecule has 0 saturated carbocycles. The van der Waals surface area contributed by atoms with Gasteiger partial charge in [-0.3, -0.25) is 9.59 Å². The van der Waals surface area contributed by atoms with Crippen molar-refractivity contribution < 1.29 is 23.5 Å². The van der Waals surface area contributed by atoms with Crippen molar-refractivity contribution in [1.29, 1.82) is 0 Å². The zero-order valence-corrected chi connectivity index (χ0v) is 13.3. The van der Waals surface area contributed by atoms with E-state index in [0.717, 1.165) is 0 Å². The molecule has 24 heavy (non-hydrogen) atoms. The number of ether oxygens (including phenoxy) is 2. The molecule has 1 amide bonds. The third-order valence-electron chi connectivity index (χ3n) is 3.05. The van der Waals surface area contributed by atoms with Crippen LogP contribution in [0.3, 0.4) is 0 Å². The van der Waals surface area contributed by atoms with Crippen LogP contribution in [0.25, 0.3) is 0 Å². The zero-order valence-electron chi connectivity index (χ0n) is 13.3. The van der Waals surface area contributed by atoms with Gasteiger partial charge in [-0.25, -0.2) is 4.39 Å². The van der Waals surface area contributed by atoms with Gasteiger partial charge in [0.2, 0.25) is 0 Å². The molecule has 0 saturated heterocycles. The first-order valence-electron chi connectivity index (χ1n) is 7.49. The summed E-state index contributed by atoms with van der Waals surface area (Å²) in [6.07, 6.45) is -0.0892. The fourth-order valence-electron chi connectivity index (χ4n) is 2.01. The van der Waals surface area contributed by atoms with E-state index >= 15 is 0 Å². The number of carbonyl (C=O) groups is 2. The van der Waals surface area contributed by atoms with E-state index in [4.69, 9.17) is 9.47 Å². The molecule has 2 aromatic carbocycles. The van der Waals surface area contributed by atoms with E-state index in [1.807, 2.05) is 6.92 Å². The predicted octanol–water partition coefficient (Wildman–Crippen LogP) is 2.95. The normalized spacial score (nSPS) is 10.1. The van der Waals surface area contributed by atoms with Gasteiger partial charge in [0.15, 0.2) is 6.61 Å². The van der Waals surface area contributed by atoms with Crippen molar-refractivity contribution in [3.8, 4) is 5.75 Å². The second-order valence-corrected chi connectivity index (χ2v) is 4.97. The first kappa shape index (κ1) is 17.5. The number of nitrogens with one attached hydrogen (secondary N) is 1. The lowest BCUT2D eigenvalue weighted by molar-refractivity contribution is -0.146. The van der Waals surface area contributed by atoms with Gasteiger partial charge in [-0.2, -0.15) is 0 Å². The Hall–Kier alpha value is -2.89. The Kier molecular flexibility index (Phi) is 6.31. The molecule has 0 aliphatic rings. The van der Waals surface area contributed by atoms with Crippen LogP contribution in [0.1, 0.15) is 12.5 Å². The Bertz CT molecular complexity index is 700. The maximum Gasteiger partial charge on any atom is 0.310 e. The molecule has 0 aliphatic carbocycles. The van der Waals surface area contributed by atoms with E-state index in [9.17, 15) is 14.0 Å². The first-order chi connectivity index (χ1) is 11.6. The number of carbonyl (C=O) groups excluding carboxylic acids is 2. The van der Waals surface area contributed by atoms with E-state index in [-0.39, 0.29) is 6.42 Å². The van der Waals surface area contributed by atoms with Gasteiger partial charge < -0.3 is 14.8 Å². The van der Waals surface area contributed by atoms with Crippen molar-refractivity contribution in [2.45, 2.75) is 13.3 Å². The highest BCUT2D eigenvalue weighted by Crippen LogP contribution is 2.15. The maximum absolute atomic E-state index is 13.0. The summed E-state index contributed by atoms with van der Waals surface area (Å²) in [7, 11) is 0. The number of esters is 1. The van der Waals surface area contributed by atoms with Crippen molar-refractivity contribution in [2.75, 3.05) is 18.5 Å². The minimum Gasteiger partial charge on any atom is -0.494 e. The van der Waals surface area contributed by atoms with E-state index in [0.29, 0.717) is 23.6 Å². The van der Waals surface area contributed by atoms with E-state index in [2.05, 4.69) is 5.32 Å². The Labute approximate surface area is 139 Å². The van der Waals surface area contributed by atoms with Crippen molar-refractivity contribution in [2.24, 2.45) is 0 Å². The van der Waals surface area contributed by atoms with Crippen molar-refractivity contribution in [3.63, 3.8) is 0 Å². The molecule has 5 nitrogen and oxygen atoms in total. The molecule has 0 heterocycles. The average molecular weight is 331 g/mol.